The maximum absolute atomic E-state index is 12.1. The monoisotopic (exact) mass is 313 g/mol. The molecular formula is C15H15N5O3. The van der Waals surface area contributed by atoms with Crippen LogP contribution < -0.4 is 10.1 Å². The van der Waals surface area contributed by atoms with Crippen LogP contribution in [0.5, 0.6) is 5.75 Å². The number of hydrogen-bond acceptors (Lipinski definition) is 6. The number of aromatic nitrogens is 4. The number of aryl methyl sites for hydroxylation is 1. The second kappa shape index (κ2) is 6.30. The van der Waals surface area contributed by atoms with Gasteiger partial charge < -0.3 is 14.5 Å². The lowest BCUT2D eigenvalue weighted by molar-refractivity contribution is 0.0942. The fraction of sp³-hybridized carbons (Fsp3) is 0.200. The fourth-order valence-electron chi connectivity index (χ4n) is 2.03. The molecule has 1 amide bonds. The van der Waals surface area contributed by atoms with Crippen molar-refractivity contribution in [2.75, 3.05) is 7.11 Å². The largest absolute Gasteiger partial charge is 0.497 e. The van der Waals surface area contributed by atoms with Crippen molar-refractivity contribution >= 4 is 5.91 Å². The van der Waals surface area contributed by atoms with Gasteiger partial charge in [0.15, 0.2) is 0 Å². The summed E-state index contributed by atoms with van der Waals surface area (Å²) in [5, 5.41) is 17.1. The van der Waals surface area contributed by atoms with Crippen LogP contribution in [0.2, 0.25) is 0 Å². The van der Waals surface area contributed by atoms with E-state index >= 15 is 0 Å². The quantitative estimate of drug-likeness (QED) is 0.742. The zero-order valence-corrected chi connectivity index (χ0v) is 12.7. The number of nitrogens with zero attached hydrogens (tertiary/aromatic N) is 3. The van der Waals surface area contributed by atoms with Gasteiger partial charge in [-0.25, -0.2) is 0 Å². The van der Waals surface area contributed by atoms with Gasteiger partial charge in [-0.2, -0.15) is 5.10 Å². The summed E-state index contributed by atoms with van der Waals surface area (Å²) in [6, 6.07) is 9.11. The Morgan fingerprint density at radius 3 is 2.96 bits per heavy atom. The number of methoxy groups -OCH3 is 1. The van der Waals surface area contributed by atoms with Crippen molar-refractivity contribution in [1.29, 1.82) is 0 Å². The molecule has 0 saturated heterocycles. The lowest BCUT2D eigenvalue weighted by Gasteiger charge is -2.01. The first-order valence-electron chi connectivity index (χ1n) is 6.92. The molecule has 8 nitrogen and oxygen atoms in total. The van der Waals surface area contributed by atoms with Crippen molar-refractivity contribution in [2.45, 2.75) is 13.5 Å². The molecule has 0 atom stereocenters. The number of H-pyrrole nitrogens is 1. The standard InChI is InChI=1S/C15H15N5O3/c1-9-17-20-14(23-9)8-16-15(21)13-7-12(18-19-13)10-4-3-5-11(6-10)22-2/h3-7H,8H2,1-2H3,(H,16,21)(H,18,19). The zero-order chi connectivity index (χ0) is 16.2. The summed E-state index contributed by atoms with van der Waals surface area (Å²) >= 11 is 0. The summed E-state index contributed by atoms with van der Waals surface area (Å²) in [6.07, 6.45) is 0. The number of benzene rings is 1. The lowest BCUT2D eigenvalue weighted by atomic mass is 10.1. The number of hydrogen-bond donors (Lipinski definition) is 2. The summed E-state index contributed by atoms with van der Waals surface area (Å²) in [5.41, 5.74) is 1.86. The Bertz CT molecular complexity index is 824. The third-order valence-corrected chi connectivity index (χ3v) is 3.16. The fourth-order valence-corrected chi connectivity index (χ4v) is 2.03. The first-order valence-corrected chi connectivity index (χ1v) is 6.92. The van der Waals surface area contributed by atoms with Crippen LogP contribution in [0.3, 0.4) is 0 Å². The highest BCUT2D eigenvalue weighted by Gasteiger charge is 2.12. The van der Waals surface area contributed by atoms with E-state index in [1.807, 2.05) is 24.3 Å². The second-order valence-electron chi connectivity index (χ2n) is 4.80. The predicted octanol–water partition coefficient (Wildman–Crippen LogP) is 1.71. The summed E-state index contributed by atoms with van der Waals surface area (Å²) in [5.74, 6) is 1.23. The van der Waals surface area contributed by atoms with E-state index in [2.05, 4.69) is 25.7 Å². The Kier molecular flexibility index (Phi) is 4.05. The molecule has 2 heterocycles. The first-order chi connectivity index (χ1) is 11.2. The Hall–Kier alpha value is -3.16. The van der Waals surface area contributed by atoms with Gasteiger partial charge in [-0.3, -0.25) is 9.89 Å². The molecular weight excluding hydrogens is 298 g/mol. The van der Waals surface area contributed by atoms with E-state index in [0.717, 1.165) is 11.3 Å². The van der Waals surface area contributed by atoms with Crippen LogP contribution in [0.4, 0.5) is 0 Å². The molecule has 0 aliphatic rings. The smallest absolute Gasteiger partial charge is 0.269 e. The minimum absolute atomic E-state index is 0.160. The summed E-state index contributed by atoms with van der Waals surface area (Å²) < 4.78 is 10.4. The number of aromatic amines is 1. The molecule has 0 fully saturated rings. The second-order valence-corrected chi connectivity index (χ2v) is 4.80. The van der Waals surface area contributed by atoms with E-state index in [1.165, 1.54) is 0 Å². The highest BCUT2D eigenvalue weighted by atomic mass is 16.5. The SMILES string of the molecule is COc1cccc(-c2cc(C(=O)NCc3nnc(C)o3)[nH]n2)c1. The average Bonchev–Trinajstić information content (AvgIpc) is 3.22. The number of ether oxygens (including phenoxy) is 1. The van der Waals surface area contributed by atoms with E-state index in [0.29, 0.717) is 23.2 Å². The molecule has 2 N–H and O–H groups in total. The van der Waals surface area contributed by atoms with Crippen LogP contribution in [-0.2, 0) is 6.54 Å². The summed E-state index contributed by atoms with van der Waals surface area (Å²) in [7, 11) is 1.60. The molecule has 2 aromatic heterocycles. The molecule has 23 heavy (non-hydrogen) atoms. The third-order valence-electron chi connectivity index (χ3n) is 3.16. The molecule has 0 aliphatic heterocycles. The number of rotatable bonds is 5. The van der Waals surface area contributed by atoms with Gasteiger partial charge in [-0.1, -0.05) is 12.1 Å². The Labute approximate surface area is 131 Å². The van der Waals surface area contributed by atoms with Crippen LogP contribution in [0.1, 0.15) is 22.3 Å². The Morgan fingerprint density at radius 1 is 1.35 bits per heavy atom. The lowest BCUT2D eigenvalue weighted by Crippen LogP contribution is -2.23. The van der Waals surface area contributed by atoms with Crippen molar-refractivity contribution in [3.05, 3.63) is 47.8 Å². The van der Waals surface area contributed by atoms with E-state index in [1.54, 1.807) is 20.1 Å². The Balaban J connectivity index is 1.69. The predicted molar refractivity (Wildman–Crippen MR) is 80.8 cm³/mol. The van der Waals surface area contributed by atoms with Crippen molar-refractivity contribution < 1.29 is 13.9 Å². The normalized spacial score (nSPS) is 10.5. The molecule has 0 aliphatic carbocycles. The molecule has 3 aromatic rings. The molecule has 1 aromatic carbocycles. The van der Waals surface area contributed by atoms with E-state index in [-0.39, 0.29) is 12.5 Å². The van der Waals surface area contributed by atoms with Crippen LogP contribution in [0, 0.1) is 6.92 Å². The Morgan fingerprint density at radius 2 is 2.22 bits per heavy atom. The molecule has 3 rings (SSSR count). The highest BCUT2D eigenvalue weighted by molar-refractivity contribution is 5.93. The van der Waals surface area contributed by atoms with Crippen LogP contribution >= 0.6 is 0 Å². The first kappa shape index (κ1) is 14.8. The highest BCUT2D eigenvalue weighted by Crippen LogP contribution is 2.22. The van der Waals surface area contributed by atoms with Gasteiger partial charge in [0.25, 0.3) is 5.91 Å². The molecule has 0 saturated carbocycles. The summed E-state index contributed by atoms with van der Waals surface area (Å²) in [6.45, 7) is 1.85. The number of nitrogens with one attached hydrogen (secondary N) is 2. The minimum Gasteiger partial charge on any atom is -0.497 e. The minimum atomic E-state index is -0.303. The van der Waals surface area contributed by atoms with Gasteiger partial charge in [0.1, 0.15) is 11.4 Å². The number of amides is 1. The molecule has 0 unspecified atom stereocenters. The number of carbonyl (C=O) groups excluding carboxylic acids is 1. The van der Waals surface area contributed by atoms with Crippen molar-refractivity contribution in [2.24, 2.45) is 0 Å². The van der Waals surface area contributed by atoms with Crippen LogP contribution in [0.15, 0.2) is 34.7 Å². The molecule has 0 spiro atoms. The molecule has 8 heteroatoms. The van der Waals surface area contributed by atoms with Crippen LogP contribution in [0.25, 0.3) is 11.3 Å². The average molecular weight is 313 g/mol. The van der Waals surface area contributed by atoms with Crippen molar-refractivity contribution in [1.82, 2.24) is 25.7 Å². The van der Waals surface area contributed by atoms with Crippen molar-refractivity contribution in [3.8, 4) is 17.0 Å². The molecule has 0 radical (unpaired) electrons. The topological polar surface area (TPSA) is 106 Å². The van der Waals surface area contributed by atoms with Crippen LogP contribution in [-0.4, -0.2) is 33.4 Å². The van der Waals surface area contributed by atoms with E-state index < -0.39 is 0 Å². The van der Waals surface area contributed by atoms with E-state index in [9.17, 15) is 4.79 Å². The van der Waals surface area contributed by atoms with E-state index in [4.69, 9.17) is 9.15 Å². The molecule has 0 bridgehead atoms. The third kappa shape index (κ3) is 3.37. The van der Waals surface area contributed by atoms with Crippen molar-refractivity contribution in [3.63, 3.8) is 0 Å². The van der Waals surface area contributed by atoms with Gasteiger partial charge in [0.05, 0.1) is 19.3 Å². The van der Waals surface area contributed by atoms with Gasteiger partial charge in [-0.05, 0) is 18.2 Å². The molecule has 118 valence electrons. The van der Waals surface area contributed by atoms with Gasteiger partial charge in [0, 0.05) is 12.5 Å². The maximum atomic E-state index is 12.1. The maximum Gasteiger partial charge on any atom is 0.269 e. The van der Waals surface area contributed by atoms with Gasteiger partial charge in [0.2, 0.25) is 11.8 Å². The van der Waals surface area contributed by atoms with Gasteiger partial charge >= 0.3 is 0 Å². The van der Waals surface area contributed by atoms with Gasteiger partial charge in [-0.15, -0.1) is 10.2 Å². The summed E-state index contributed by atoms with van der Waals surface area (Å²) in [4.78, 5) is 12.1. The number of carbonyl (C=O) groups is 1. The zero-order valence-electron chi connectivity index (χ0n) is 12.7.